The minimum Gasteiger partial charge on any atom is -0.305 e. The van der Waals surface area contributed by atoms with Crippen molar-refractivity contribution in [3.8, 4) is 0 Å². The fraction of sp³-hybridized carbons (Fsp3) is 0.438. The summed E-state index contributed by atoms with van der Waals surface area (Å²) < 4.78 is 2.02. The van der Waals surface area contributed by atoms with Crippen molar-refractivity contribution in [1.82, 2.24) is 15.1 Å². The summed E-state index contributed by atoms with van der Waals surface area (Å²) in [6.07, 6.45) is 2.93. The topological polar surface area (TPSA) is 29.9 Å². The van der Waals surface area contributed by atoms with E-state index in [1.807, 2.05) is 16.9 Å². The van der Waals surface area contributed by atoms with Crippen molar-refractivity contribution >= 4 is 11.6 Å². The summed E-state index contributed by atoms with van der Waals surface area (Å²) in [5.74, 6) is 0. The van der Waals surface area contributed by atoms with Gasteiger partial charge in [0.25, 0.3) is 0 Å². The van der Waals surface area contributed by atoms with Crippen LogP contribution in [-0.2, 0) is 6.54 Å². The van der Waals surface area contributed by atoms with Gasteiger partial charge in [-0.25, -0.2) is 0 Å². The number of nitrogens with one attached hydrogen (secondary N) is 1. The fourth-order valence-electron chi connectivity index (χ4n) is 2.38. The Morgan fingerprint density at radius 2 is 2.10 bits per heavy atom. The predicted molar refractivity (Wildman–Crippen MR) is 84.2 cm³/mol. The first-order valence-corrected chi connectivity index (χ1v) is 7.56. The van der Waals surface area contributed by atoms with Gasteiger partial charge in [-0.15, -0.1) is 0 Å². The molecule has 2 rings (SSSR count). The van der Waals surface area contributed by atoms with Crippen LogP contribution < -0.4 is 5.32 Å². The SMILES string of the molecule is CCCNC(c1ccc(C)cc1Cl)c1ccnn1CC. The highest BCUT2D eigenvalue weighted by molar-refractivity contribution is 6.31. The van der Waals surface area contributed by atoms with Crippen LogP contribution in [0.4, 0.5) is 0 Å². The number of halogens is 1. The van der Waals surface area contributed by atoms with Crippen LogP contribution in [-0.4, -0.2) is 16.3 Å². The van der Waals surface area contributed by atoms with Crippen molar-refractivity contribution in [2.45, 2.75) is 39.8 Å². The van der Waals surface area contributed by atoms with Gasteiger partial charge in [0.1, 0.15) is 0 Å². The maximum absolute atomic E-state index is 6.45. The maximum atomic E-state index is 6.45. The molecule has 20 heavy (non-hydrogen) atoms. The Labute approximate surface area is 126 Å². The number of aryl methyl sites for hydroxylation is 2. The molecule has 1 unspecified atom stereocenters. The average Bonchev–Trinajstić information content (AvgIpc) is 2.89. The Morgan fingerprint density at radius 1 is 1.30 bits per heavy atom. The van der Waals surface area contributed by atoms with Gasteiger partial charge in [0, 0.05) is 17.8 Å². The van der Waals surface area contributed by atoms with Crippen LogP contribution >= 0.6 is 11.6 Å². The molecule has 0 spiro atoms. The third-order valence-electron chi connectivity index (χ3n) is 3.41. The molecule has 1 N–H and O–H groups in total. The van der Waals surface area contributed by atoms with Crippen molar-refractivity contribution in [2.24, 2.45) is 0 Å². The Morgan fingerprint density at radius 3 is 2.75 bits per heavy atom. The minimum absolute atomic E-state index is 0.0884. The highest BCUT2D eigenvalue weighted by Crippen LogP contribution is 2.29. The Hall–Kier alpha value is -1.32. The van der Waals surface area contributed by atoms with Gasteiger partial charge >= 0.3 is 0 Å². The zero-order chi connectivity index (χ0) is 14.5. The van der Waals surface area contributed by atoms with Gasteiger partial charge in [-0.05, 0) is 50.1 Å². The smallest absolute Gasteiger partial charge is 0.0762 e. The van der Waals surface area contributed by atoms with Crippen LogP contribution in [0.25, 0.3) is 0 Å². The third kappa shape index (κ3) is 3.22. The second-order valence-electron chi connectivity index (χ2n) is 4.98. The zero-order valence-corrected chi connectivity index (χ0v) is 13.1. The molecule has 1 atom stereocenters. The molecule has 108 valence electrons. The van der Waals surface area contributed by atoms with Crippen LogP contribution in [0.1, 0.15) is 43.1 Å². The summed E-state index contributed by atoms with van der Waals surface area (Å²) in [5.41, 5.74) is 3.45. The number of rotatable bonds is 6. The van der Waals surface area contributed by atoms with E-state index in [0.29, 0.717) is 0 Å². The van der Waals surface area contributed by atoms with Crippen LogP contribution in [0.2, 0.25) is 5.02 Å². The molecule has 1 aromatic carbocycles. The second-order valence-corrected chi connectivity index (χ2v) is 5.39. The molecule has 4 heteroatoms. The number of hydrogen-bond acceptors (Lipinski definition) is 2. The van der Waals surface area contributed by atoms with E-state index in [-0.39, 0.29) is 6.04 Å². The molecule has 0 saturated heterocycles. The van der Waals surface area contributed by atoms with Gasteiger partial charge in [-0.1, -0.05) is 30.7 Å². The van der Waals surface area contributed by atoms with Gasteiger partial charge in [-0.2, -0.15) is 5.10 Å². The fourth-order valence-corrected chi connectivity index (χ4v) is 2.73. The highest BCUT2D eigenvalue weighted by atomic mass is 35.5. The molecule has 0 bridgehead atoms. The summed E-state index contributed by atoms with van der Waals surface area (Å²) in [5, 5.41) is 8.76. The lowest BCUT2D eigenvalue weighted by atomic mass is 10.0. The number of hydrogen-bond donors (Lipinski definition) is 1. The zero-order valence-electron chi connectivity index (χ0n) is 12.4. The van der Waals surface area contributed by atoms with E-state index in [2.05, 4.69) is 49.4 Å². The molecule has 0 radical (unpaired) electrons. The molecule has 2 aromatic rings. The van der Waals surface area contributed by atoms with Crippen molar-refractivity contribution in [2.75, 3.05) is 6.54 Å². The molecule has 0 saturated carbocycles. The number of aromatic nitrogens is 2. The van der Waals surface area contributed by atoms with E-state index in [4.69, 9.17) is 11.6 Å². The summed E-state index contributed by atoms with van der Waals surface area (Å²) >= 11 is 6.45. The summed E-state index contributed by atoms with van der Waals surface area (Å²) in [6.45, 7) is 8.13. The van der Waals surface area contributed by atoms with E-state index in [0.717, 1.165) is 35.8 Å². The highest BCUT2D eigenvalue weighted by Gasteiger charge is 2.19. The summed E-state index contributed by atoms with van der Waals surface area (Å²) in [6, 6.07) is 8.38. The van der Waals surface area contributed by atoms with Crippen LogP contribution in [0, 0.1) is 6.92 Å². The average molecular weight is 292 g/mol. The normalized spacial score (nSPS) is 12.6. The largest absolute Gasteiger partial charge is 0.305 e. The van der Waals surface area contributed by atoms with Crippen molar-refractivity contribution in [3.05, 3.63) is 52.3 Å². The molecular weight excluding hydrogens is 270 g/mol. The van der Waals surface area contributed by atoms with E-state index in [1.165, 1.54) is 5.56 Å². The Bertz CT molecular complexity index is 563. The molecule has 0 aliphatic carbocycles. The second kappa shape index (κ2) is 6.91. The van der Waals surface area contributed by atoms with E-state index in [9.17, 15) is 0 Å². The molecule has 0 amide bonds. The molecule has 1 heterocycles. The Balaban J connectivity index is 2.41. The van der Waals surface area contributed by atoms with Crippen LogP contribution in [0.3, 0.4) is 0 Å². The molecular formula is C16H22ClN3. The van der Waals surface area contributed by atoms with Gasteiger partial charge in [-0.3, -0.25) is 4.68 Å². The monoisotopic (exact) mass is 291 g/mol. The maximum Gasteiger partial charge on any atom is 0.0762 e. The molecule has 0 aliphatic heterocycles. The molecule has 0 aliphatic rings. The first kappa shape index (κ1) is 15.1. The predicted octanol–water partition coefficient (Wildman–Crippen LogP) is 3.95. The van der Waals surface area contributed by atoms with Crippen molar-refractivity contribution < 1.29 is 0 Å². The van der Waals surface area contributed by atoms with Crippen molar-refractivity contribution in [3.63, 3.8) is 0 Å². The molecule has 3 nitrogen and oxygen atoms in total. The van der Waals surface area contributed by atoms with Gasteiger partial charge < -0.3 is 5.32 Å². The lowest BCUT2D eigenvalue weighted by Crippen LogP contribution is -2.26. The Kier molecular flexibility index (Phi) is 5.21. The van der Waals surface area contributed by atoms with Gasteiger partial charge in [0.2, 0.25) is 0 Å². The first-order chi connectivity index (χ1) is 9.67. The number of benzene rings is 1. The van der Waals surface area contributed by atoms with Gasteiger partial charge in [0.15, 0.2) is 0 Å². The minimum atomic E-state index is 0.0884. The van der Waals surface area contributed by atoms with Crippen molar-refractivity contribution in [1.29, 1.82) is 0 Å². The van der Waals surface area contributed by atoms with Gasteiger partial charge in [0.05, 0.1) is 11.7 Å². The van der Waals surface area contributed by atoms with E-state index < -0.39 is 0 Å². The third-order valence-corrected chi connectivity index (χ3v) is 3.74. The lowest BCUT2D eigenvalue weighted by Gasteiger charge is -2.21. The van der Waals surface area contributed by atoms with E-state index in [1.54, 1.807) is 0 Å². The quantitative estimate of drug-likeness (QED) is 0.873. The lowest BCUT2D eigenvalue weighted by molar-refractivity contribution is 0.530. The number of nitrogens with zero attached hydrogens (tertiary/aromatic N) is 2. The van der Waals surface area contributed by atoms with Crippen LogP contribution in [0.15, 0.2) is 30.5 Å². The summed E-state index contributed by atoms with van der Waals surface area (Å²) in [4.78, 5) is 0. The van der Waals surface area contributed by atoms with Crippen LogP contribution in [0.5, 0.6) is 0 Å². The summed E-state index contributed by atoms with van der Waals surface area (Å²) in [7, 11) is 0. The standard InChI is InChI=1S/C16H22ClN3/c1-4-9-18-16(15-8-10-19-20(15)5-2)13-7-6-12(3)11-14(13)17/h6-8,10-11,16,18H,4-5,9H2,1-3H3. The van der Waals surface area contributed by atoms with E-state index >= 15 is 0 Å². The molecule has 1 aromatic heterocycles. The molecule has 0 fully saturated rings. The first-order valence-electron chi connectivity index (χ1n) is 7.18.